The predicted octanol–water partition coefficient (Wildman–Crippen LogP) is 4.77. The SMILES string of the molecule is Cc1sc(C(N)c2ccc(F)cc2Br)cc1Br. The van der Waals surface area contributed by atoms with E-state index in [1.54, 1.807) is 17.4 Å². The molecule has 0 saturated carbocycles. The number of benzene rings is 1. The highest BCUT2D eigenvalue weighted by molar-refractivity contribution is 9.10. The maximum Gasteiger partial charge on any atom is 0.124 e. The molecule has 0 radical (unpaired) electrons. The average molecular weight is 379 g/mol. The zero-order chi connectivity index (χ0) is 12.6. The molecular formula is C12H10Br2FNS. The van der Waals surface area contributed by atoms with Crippen LogP contribution >= 0.6 is 43.2 Å². The third kappa shape index (κ3) is 2.78. The van der Waals surface area contributed by atoms with Crippen molar-refractivity contribution >= 4 is 43.2 Å². The summed E-state index contributed by atoms with van der Waals surface area (Å²) in [5.41, 5.74) is 7.08. The van der Waals surface area contributed by atoms with Crippen molar-refractivity contribution in [1.29, 1.82) is 0 Å². The fourth-order valence-electron chi connectivity index (χ4n) is 1.54. The van der Waals surface area contributed by atoms with E-state index in [2.05, 4.69) is 31.9 Å². The van der Waals surface area contributed by atoms with Crippen molar-refractivity contribution in [3.8, 4) is 0 Å². The molecule has 2 rings (SSSR count). The fraction of sp³-hybridized carbons (Fsp3) is 0.167. The molecule has 0 fully saturated rings. The van der Waals surface area contributed by atoms with Gasteiger partial charge in [-0.3, -0.25) is 0 Å². The van der Waals surface area contributed by atoms with Crippen LogP contribution in [-0.4, -0.2) is 0 Å². The van der Waals surface area contributed by atoms with Crippen molar-refractivity contribution in [2.75, 3.05) is 0 Å². The predicted molar refractivity (Wildman–Crippen MR) is 76.9 cm³/mol. The summed E-state index contributed by atoms with van der Waals surface area (Å²) in [4.78, 5) is 2.25. The molecule has 0 spiro atoms. The van der Waals surface area contributed by atoms with Gasteiger partial charge in [0.2, 0.25) is 0 Å². The molecular weight excluding hydrogens is 369 g/mol. The Bertz CT molecular complexity index is 534. The maximum absolute atomic E-state index is 13.0. The first-order chi connectivity index (χ1) is 7.99. The summed E-state index contributed by atoms with van der Waals surface area (Å²) in [6.45, 7) is 2.03. The molecule has 2 N–H and O–H groups in total. The number of thiophene rings is 1. The monoisotopic (exact) mass is 377 g/mol. The van der Waals surface area contributed by atoms with Gasteiger partial charge < -0.3 is 5.73 Å². The van der Waals surface area contributed by atoms with Gasteiger partial charge in [-0.1, -0.05) is 22.0 Å². The number of hydrogen-bond acceptors (Lipinski definition) is 2. The van der Waals surface area contributed by atoms with Gasteiger partial charge in [0.05, 0.1) is 6.04 Å². The van der Waals surface area contributed by atoms with Crippen LogP contribution in [0.15, 0.2) is 33.2 Å². The molecule has 0 saturated heterocycles. The van der Waals surface area contributed by atoms with Crippen molar-refractivity contribution in [1.82, 2.24) is 0 Å². The second-order valence-corrected chi connectivity index (χ2v) is 6.69. The van der Waals surface area contributed by atoms with E-state index in [0.717, 1.165) is 14.9 Å². The molecule has 1 aromatic heterocycles. The van der Waals surface area contributed by atoms with Crippen molar-refractivity contribution < 1.29 is 4.39 Å². The lowest BCUT2D eigenvalue weighted by atomic mass is 10.1. The summed E-state index contributed by atoms with van der Waals surface area (Å²) < 4.78 is 14.8. The molecule has 1 atom stereocenters. The molecule has 17 heavy (non-hydrogen) atoms. The lowest BCUT2D eigenvalue weighted by Crippen LogP contribution is -2.10. The van der Waals surface area contributed by atoms with E-state index in [4.69, 9.17) is 5.73 Å². The van der Waals surface area contributed by atoms with Crippen LogP contribution in [0.2, 0.25) is 0 Å². The van der Waals surface area contributed by atoms with Gasteiger partial charge in [-0.25, -0.2) is 4.39 Å². The van der Waals surface area contributed by atoms with Crippen LogP contribution in [0.3, 0.4) is 0 Å². The van der Waals surface area contributed by atoms with Gasteiger partial charge in [-0.2, -0.15) is 0 Å². The summed E-state index contributed by atoms with van der Waals surface area (Å²) >= 11 is 8.46. The van der Waals surface area contributed by atoms with Gasteiger partial charge in [-0.05, 0) is 46.6 Å². The van der Waals surface area contributed by atoms with Crippen LogP contribution in [0.25, 0.3) is 0 Å². The van der Waals surface area contributed by atoms with E-state index < -0.39 is 0 Å². The van der Waals surface area contributed by atoms with Crippen LogP contribution in [-0.2, 0) is 0 Å². The molecule has 90 valence electrons. The molecule has 0 amide bonds. The first-order valence-corrected chi connectivity index (χ1v) is 7.35. The Hall–Kier alpha value is -0.230. The Morgan fingerprint density at radius 3 is 2.47 bits per heavy atom. The van der Waals surface area contributed by atoms with Gasteiger partial charge in [0, 0.05) is 18.7 Å². The second-order valence-electron chi connectivity index (χ2n) is 3.70. The first-order valence-electron chi connectivity index (χ1n) is 4.95. The lowest BCUT2D eigenvalue weighted by molar-refractivity contribution is 0.625. The Morgan fingerprint density at radius 2 is 1.94 bits per heavy atom. The number of nitrogens with two attached hydrogens (primary N) is 1. The third-order valence-electron chi connectivity index (χ3n) is 2.48. The number of halogens is 3. The molecule has 0 bridgehead atoms. The summed E-state index contributed by atoms with van der Waals surface area (Å²) in [6, 6.07) is 6.35. The largest absolute Gasteiger partial charge is 0.320 e. The molecule has 2 aromatic rings. The topological polar surface area (TPSA) is 26.0 Å². The zero-order valence-corrected chi connectivity index (χ0v) is 13.0. The number of rotatable bonds is 2. The normalized spacial score (nSPS) is 12.8. The molecule has 5 heteroatoms. The van der Waals surface area contributed by atoms with Crippen LogP contribution in [0, 0.1) is 12.7 Å². The quantitative estimate of drug-likeness (QED) is 0.800. The molecule has 0 aliphatic heterocycles. The highest BCUT2D eigenvalue weighted by Crippen LogP contribution is 2.34. The molecule has 1 unspecified atom stereocenters. The Labute approximate surface area is 120 Å². The van der Waals surface area contributed by atoms with Crippen molar-refractivity contribution in [3.05, 3.63) is 54.3 Å². The van der Waals surface area contributed by atoms with Gasteiger partial charge in [0.15, 0.2) is 0 Å². The van der Waals surface area contributed by atoms with E-state index in [9.17, 15) is 4.39 Å². The summed E-state index contributed by atoms with van der Waals surface area (Å²) in [6.07, 6.45) is 0. The minimum atomic E-state index is -0.267. The molecule has 1 heterocycles. The van der Waals surface area contributed by atoms with Crippen LogP contribution < -0.4 is 5.73 Å². The van der Waals surface area contributed by atoms with E-state index in [1.807, 2.05) is 13.0 Å². The smallest absolute Gasteiger partial charge is 0.124 e. The van der Waals surface area contributed by atoms with E-state index >= 15 is 0 Å². The van der Waals surface area contributed by atoms with Gasteiger partial charge in [0.25, 0.3) is 0 Å². The van der Waals surface area contributed by atoms with Gasteiger partial charge in [-0.15, -0.1) is 11.3 Å². The minimum Gasteiger partial charge on any atom is -0.320 e. The Balaban J connectivity index is 2.39. The Morgan fingerprint density at radius 1 is 1.24 bits per heavy atom. The zero-order valence-electron chi connectivity index (χ0n) is 9.01. The Kier molecular flexibility index (Phi) is 4.02. The number of aryl methyl sites for hydroxylation is 1. The van der Waals surface area contributed by atoms with Crippen molar-refractivity contribution in [3.63, 3.8) is 0 Å². The minimum absolute atomic E-state index is 0.236. The third-order valence-corrected chi connectivity index (χ3v) is 5.39. The molecule has 1 aromatic carbocycles. The first kappa shape index (κ1) is 13.2. The van der Waals surface area contributed by atoms with E-state index in [0.29, 0.717) is 4.47 Å². The summed E-state index contributed by atoms with van der Waals surface area (Å²) in [5, 5.41) is 0. The molecule has 0 aliphatic carbocycles. The molecule has 0 aliphatic rings. The van der Waals surface area contributed by atoms with Crippen molar-refractivity contribution in [2.45, 2.75) is 13.0 Å². The highest BCUT2D eigenvalue weighted by atomic mass is 79.9. The van der Waals surface area contributed by atoms with Crippen LogP contribution in [0.1, 0.15) is 21.4 Å². The van der Waals surface area contributed by atoms with Crippen molar-refractivity contribution in [2.24, 2.45) is 5.73 Å². The van der Waals surface area contributed by atoms with Crippen LogP contribution in [0.4, 0.5) is 4.39 Å². The second kappa shape index (κ2) is 5.18. The maximum atomic E-state index is 13.0. The summed E-state index contributed by atoms with van der Waals surface area (Å²) in [7, 11) is 0. The van der Waals surface area contributed by atoms with Gasteiger partial charge >= 0.3 is 0 Å². The fourth-order valence-corrected chi connectivity index (χ4v) is 3.72. The summed E-state index contributed by atoms with van der Waals surface area (Å²) in [5.74, 6) is -0.267. The van der Waals surface area contributed by atoms with Crippen LogP contribution in [0.5, 0.6) is 0 Å². The van der Waals surface area contributed by atoms with E-state index in [-0.39, 0.29) is 11.9 Å². The standard InChI is InChI=1S/C12H10Br2FNS/c1-6-9(13)5-11(17-6)12(16)8-3-2-7(15)4-10(8)14/h2-5,12H,16H2,1H3. The average Bonchev–Trinajstić information content (AvgIpc) is 2.58. The number of hydrogen-bond donors (Lipinski definition) is 1. The van der Waals surface area contributed by atoms with Gasteiger partial charge in [0.1, 0.15) is 5.82 Å². The highest BCUT2D eigenvalue weighted by Gasteiger charge is 2.16. The van der Waals surface area contributed by atoms with E-state index in [1.165, 1.54) is 17.0 Å². The lowest BCUT2D eigenvalue weighted by Gasteiger charge is -2.12. The molecule has 1 nitrogen and oxygen atoms in total.